The smallest absolute Gasteiger partial charge is 0.744 e. The molecule has 4 aromatic carbocycles. The number of carboxylic acids is 2. The molecular weight excluding hydrogens is 1090 g/mol. The first-order chi connectivity index (χ1) is 32.1. The fourth-order valence-electron chi connectivity index (χ4n) is 5.78. The van der Waals surface area contributed by atoms with Gasteiger partial charge in [-0.25, -0.2) is 43.9 Å². The van der Waals surface area contributed by atoms with Gasteiger partial charge in [-0.05, 0) is 96.6 Å². The minimum atomic E-state index is -5.08. The molecule has 0 saturated carbocycles. The van der Waals surface area contributed by atoms with Crippen LogP contribution in [0.5, 0.6) is 5.75 Å². The zero-order valence-corrected chi connectivity index (χ0v) is 48.2. The maximum absolute atomic E-state index is 12.6. The van der Waals surface area contributed by atoms with Gasteiger partial charge >= 0.3 is 140 Å². The normalized spacial score (nSPS) is 11.7. The van der Waals surface area contributed by atoms with Crippen molar-refractivity contribution in [2.45, 2.75) is 21.6 Å². The fourth-order valence-corrected chi connectivity index (χ4v) is 9.44. The number of pyridine rings is 1. The van der Waals surface area contributed by atoms with Gasteiger partial charge in [-0.1, -0.05) is 17.4 Å². The Morgan fingerprint density at radius 1 is 0.750 bits per heavy atom. The molecule has 1 unspecified atom stereocenters. The van der Waals surface area contributed by atoms with E-state index in [1.54, 1.807) is 0 Å². The molecule has 0 amide bonds. The van der Waals surface area contributed by atoms with Gasteiger partial charge in [0, 0.05) is 16.9 Å². The number of anilines is 4. The number of hydrogen-bond acceptors (Lipinski definition) is 24. The number of carbonyl (C=O) groups is 2. The molecule has 0 spiro atoms. The Balaban J connectivity index is 0.00000444. The van der Waals surface area contributed by atoms with E-state index in [2.05, 4.69) is 40.3 Å². The molecule has 25 nitrogen and oxygen atoms in total. The van der Waals surface area contributed by atoms with Crippen molar-refractivity contribution in [3.05, 3.63) is 102 Å². The first-order valence-corrected chi connectivity index (χ1v) is 24.5. The Labute approximate surface area is 525 Å². The van der Waals surface area contributed by atoms with Crippen molar-refractivity contribution < 1.29 is 203 Å². The number of carbonyl (C=O) groups excluding carboxylic acids is 2. The number of nitriles is 2. The van der Waals surface area contributed by atoms with E-state index >= 15 is 0 Å². The second-order valence-electron chi connectivity index (χ2n) is 13.3. The topological polar surface area (TPSA) is 413 Å². The number of aliphatic carboxylic acids is 2. The minimum absolute atomic E-state index is 0. The molecule has 2 heterocycles. The van der Waals surface area contributed by atoms with E-state index in [4.69, 9.17) is 0 Å². The van der Waals surface area contributed by atoms with Crippen molar-refractivity contribution in [2.24, 2.45) is 20.5 Å². The average molecular weight is 1110 g/mol. The largest absolute Gasteiger partial charge is 1.00 e. The first kappa shape index (κ1) is 64.9. The second kappa shape index (κ2) is 28.1. The molecule has 0 saturated heterocycles. The van der Waals surface area contributed by atoms with E-state index in [0.717, 1.165) is 47.7 Å². The predicted molar refractivity (Wildman–Crippen MR) is 232 cm³/mol. The Morgan fingerprint density at radius 2 is 1.29 bits per heavy atom. The summed E-state index contributed by atoms with van der Waals surface area (Å²) in [5.41, 5.74) is 0.470. The van der Waals surface area contributed by atoms with Crippen molar-refractivity contribution in [1.29, 1.82) is 10.5 Å². The Hall–Kier alpha value is -3.18. The van der Waals surface area contributed by atoms with Crippen molar-refractivity contribution in [1.82, 2.24) is 14.4 Å². The summed E-state index contributed by atoms with van der Waals surface area (Å²) in [5, 5.41) is 64.6. The van der Waals surface area contributed by atoms with Crippen LogP contribution in [-0.4, -0.2) is 68.6 Å². The molecule has 6 rings (SSSR count). The molecule has 350 valence electrons. The molecule has 0 radical (unpaired) electrons. The van der Waals surface area contributed by atoms with Crippen LogP contribution in [0.3, 0.4) is 0 Å². The molecular formula is C38H25K2Li2N11O14S5. The number of thiophene rings is 1. The number of aromatic nitrogens is 1. The summed E-state index contributed by atoms with van der Waals surface area (Å²) in [4.78, 5) is 24.8. The van der Waals surface area contributed by atoms with E-state index < -0.39 is 77.2 Å². The Bertz CT molecular complexity index is 3550. The van der Waals surface area contributed by atoms with E-state index in [0.29, 0.717) is 0 Å². The van der Waals surface area contributed by atoms with E-state index in [1.807, 2.05) is 21.6 Å². The number of fused-ring (bicyclic) bond motifs is 1. The van der Waals surface area contributed by atoms with Gasteiger partial charge in [0.25, 0.3) is 0 Å². The number of nitrogens with one attached hydrogen (secondary N) is 4. The molecule has 34 heteroatoms. The van der Waals surface area contributed by atoms with Crippen LogP contribution in [0.25, 0.3) is 10.8 Å². The second-order valence-corrected chi connectivity index (χ2v) is 19.8. The van der Waals surface area contributed by atoms with Gasteiger partial charge in [-0.15, -0.1) is 20.5 Å². The van der Waals surface area contributed by atoms with E-state index in [9.17, 15) is 68.9 Å². The van der Waals surface area contributed by atoms with Crippen LogP contribution in [0.4, 0.5) is 44.4 Å². The molecule has 1 atom stereocenters. The van der Waals surface area contributed by atoms with Gasteiger partial charge in [-0.2, -0.15) is 10.5 Å². The summed E-state index contributed by atoms with van der Waals surface area (Å²) in [7, 11) is -13.6. The summed E-state index contributed by atoms with van der Waals surface area (Å²) in [6.45, 7) is -0.478. The zero-order chi connectivity index (χ0) is 49.6. The summed E-state index contributed by atoms with van der Waals surface area (Å²) in [6, 6.07) is 20.9. The van der Waals surface area contributed by atoms with Crippen LogP contribution in [0.2, 0.25) is 0 Å². The molecule has 0 aliphatic heterocycles. The van der Waals surface area contributed by atoms with Crippen LogP contribution in [0.1, 0.15) is 16.7 Å². The number of benzene rings is 4. The number of rotatable bonds is 19. The fraction of sp³-hybridized carbons (Fsp3) is 0.0789. The van der Waals surface area contributed by atoms with E-state index in [-0.39, 0.29) is 222 Å². The number of hydrogen-bond donors (Lipinski definition) is 4. The minimum Gasteiger partial charge on any atom is -0.744 e. The van der Waals surface area contributed by atoms with Crippen LogP contribution in [0, 0.1) is 29.6 Å². The standard InChI is InChI=1S/C38H29N11O14S5.2K.2Li/c1-20-30(17-40)36(43-23-2-7-27(8-3-23)66(56,57)41-18-33(50)51)45-37(44-24-4-9-28(10-5-24)67(58,59)42-19-34(52)53)35(20)48-49-38-22(16-39)14-32(64-38)47-46-25-6-11-29-21(12-25)13-26(63-65(54)55)15-31(29)68(60,61)62;;;;/h2-15,41-42H,18-19H2,1H3,(H,50,51)(H,52,53)(H,54,55)(H2,43,44,45)(H,60,61,62);;;;/q;4*+1/p-4. The van der Waals surface area contributed by atoms with Crippen LogP contribution in [0.15, 0.2) is 120 Å². The van der Waals surface area contributed by atoms with Crippen molar-refractivity contribution in [3.63, 3.8) is 0 Å². The molecule has 2 aromatic heterocycles. The quantitative estimate of drug-likeness (QED) is 0.0253. The Morgan fingerprint density at radius 3 is 1.78 bits per heavy atom. The third kappa shape index (κ3) is 17.2. The van der Waals surface area contributed by atoms with Crippen LogP contribution < -0.4 is 175 Å². The number of carboxylic acid groups (broad SMARTS) is 2. The number of nitrogens with zero attached hydrogens (tertiary/aromatic N) is 7. The average Bonchev–Trinajstić information content (AvgIpc) is 3.68. The van der Waals surface area contributed by atoms with Crippen molar-refractivity contribution in [3.8, 4) is 17.9 Å². The molecule has 4 N–H and O–H groups in total. The molecule has 0 aliphatic carbocycles. The molecule has 6 aromatic rings. The monoisotopic (exact) mass is 1110 g/mol. The molecule has 0 fully saturated rings. The maximum Gasteiger partial charge on any atom is 1.00 e. The van der Waals surface area contributed by atoms with Gasteiger partial charge in [0.1, 0.15) is 50.1 Å². The zero-order valence-electron chi connectivity index (χ0n) is 37.9. The van der Waals surface area contributed by atoms with Gasteiger partial charge in [-0.3, -0.25) is 0 Å². The predicted octanol–water partition coefficient (Wildman–Crippen LogP) is -9.18. The summed E-state index contributed by atoms with van der Waals surface area (Å²) < 4.78 is 117. The third-order valence-corrected chi connectivity index (χ3v) is 13.8. The summed E-state index contributed by atoms with van der Waals surface area (Å²) >= 11 is -2.26. The van der Waals surface area contributed by atoms with Crippen LogP contribution in [-0.2, 0) is 51.1 Å². The molecule has 72 heavy (non-hydrogen) atoms. The maximum atomic E-state index is 12.6. The molecule has 0 aliphatic rings. The van der Waals surface area contributed by atoms with Gasteiger partial charge in [0.15, 0.2) is 16.6 Å². The van der Waals surface area contributed by atoms with Gasteiger partial charge in [0.05, 0.1) is 56.5 Å². The molecule has 0 bridgehead atoms. The van der Waals surface area contributed by atoms with Gasteiger partial charge < -0.3 is 43.7 Å². The van der Waals surface area contributed by atoms with Gasteiger partial charge in [0.2, 0.25) is 20.0 Å². The third-order valence-electron chi connectivity index (χ3n) is 8.82. The van der Waals surface area contributed by atoms with E-state index in [1.165, 1.54) is 55.5 Å². The number of azo groups is 2. The van der Waals surface area contributed by atoms with Crippen molar-refractivity contribution >= 4 is 120 Å². The number of sulfonamides is 2. The SMILES string of the molecule is Cc1c(C#N)c(Nc2ccc(S(=O)(=O)NCC(=O)[O-])cc2)nc(Nc2ccc(S(=O)(=O)NCC(=O)[O-])cc2)c1N=Nc1sc(N=Nc2ccc3c(S(=O)(=O)[O-])cc(OS(=O)[O-])cc3c2)cc1C#N.[K+].[K+].[Li+].[Li+]. The van der Waals surface area contributed by atoms with Crippen LogP contribution >= 0.6 is 11.3 Å². The Kier molecular flexibility index (Phi) is 25.3. The summed E-state index contributed by atoms with van der Waals surface area (Å²) in [5.74, 6) is -3.97. The van der Waals surface area contributed by atoms with Crippen molar-refractivity contribution in [2.75, 3.05) is 23.7 Å². The summed E-state index contributed by atoms with van der Waals surface area (Å²) in [6.07, 6.45) is 0. The first-order valence-electron chi connectivity index (χ1n) is 18.3.